The van der Waals surface area contributed by atoms with Gasteiger partial charge < -0.3 is 10.4 Å². The molecule has 0 aromatic heterocycles. The van der Waals surface area contributed by atoms with Crippen molar-refractivity contribution in [2.45, 2.75) is 12.8 Å². The summed E-state index contributed by atoms with van der Waals surface area (Å²) in [6, 6.07) is 22.1. The van der Waals surface area contributed by atoms with E-state index in [2.05, 4.69) is 47.8 Å². The fourth-order valence-electron chi connectivity index (χ4n) is 3.68. The molecule has 0 radical (unpaired) electrons. The Labute approximate surface area is 169 Å². The maximum atomic E-state index is 11.5. The highest BCUT2D eigenvalue weighted by Crippen LogP contribution is 2.36. The first-order valence-corrected chi connectivity index (χ1v) is 9.61. The number of amides is 1. The average Bonchev–Trinajstić information content (AvgIpc) is 2.85. The highest BCUT2D eigenvalue weighted by Gasteiger charge is 2.18. The Morgan fingerprint density at radius 1 is 0.964 bits per heavy atom. The molecule has 0 saturated carbocycles. The van der Waals surface area contributed by atoms with Gasteiger partial charge in [0.1, 0.15) is 6.61 Å². The lowest BCUT2D eigenvalue weighted by Gasteiger charge is -2.13. The molecule has 4 heteroatoms. The van der Waals surface area contributed by atoms with Gasteiger partial charge in [0, 0.05) is 10.7 Å². The maximum Gasteiger partial charge on any atom is 0.250 e. The molecule has 0 bridgehead atoms. The number of rotatable bonds is 3. The van der Waals surface area contributed by atoms with Crippen molar-refractivity contribution in [3.63, 3.8) is 0 Å². The molecule has 0 spiro atoms. The molecule has 0 fully saturated rings. The van der Waals surface area contributed by atoms with Gasteiger partial charge in [0.2, 0.25) is 5.91 Å². The van der Waals surface area contributed by atoms with Gasteiger partial charge in [0.15, 0.2) is 0 Å². The number of carbonyl (C=O) groups excluding carboxylic acids is 1. The van der Waals surface area contributed by atoms with Gasteiger partial charge in [-0.3, -0.25) is 4.79 Å². The van der Waals surface area contributed by atoms with Gasteiger partial charge >= 0.3 is 0 Å². The van der Waals surface area contributed by atoms with E-state index >= 15 is 0 Å². The summed E-state index contributed by atoms with van der Waals surface area (Å²) in [7, 11) is 0. The molecule has 140 valence electrons. The number of aliphatic hydroxyl groups is 1. The highest BCUT2D eigenvalue weighted by molar-refractivity contribution is 6.30. The quantitative estimate of drug-likeness (QED) is 0.665. The number of nitrogens with one attached hydrogen (secondary N) is 1. The van der Waals surface area contributed by atoms with Crippen LogP contribution in [0.1, 0.15) is 27.8 Å². The number of hydrogen-bond donors (Lipinski definition) is 2. The smallest absolute Gasteiger partial charge is 0.250 e. The van der Waals surface area contributed by atoms with Gasteiger partial charge in [-0.25, -0.2) is 0 Å². The fourth-order valence-corrected chi connectivity index (χ4v) is 3.87. The van der Waals surface area contributed by atoms with Gasteiger partial charge in [-0.1, -0.05) is 54.1 Å². The number of carbonyl (C=O) groups is 1. The van der Waals surface area contributed by atoms with Crippen LogP contribution in [0.2, 0.25) is 5.02 Å². The fraction of sp³-hybridized carbons (Fsp3) is 0.125. The molecule has 0 unspecified atom stereocenters. The summed E-state index contributed by atoms with van der Waals surface area (Å²) in [5.74, 6) is -0.426. The van der Waals surface area contributed by atoms with Crippen LogP contribution >= 0.6 is 11.6 Å². The third-order valence-electron chi connectivity index (χ3n) is 4.95. The summed E-state index contributed by atoms with van der Waals surface area (Å²) in [5, 5.41) is 12.4. The molecule has 0 saturated heterocycles. The van der Waals surface area contributed by atoms with Crippen molar-refractivity contribution in [1.82, 2.24) is 0 Å². The zero-order valence-electron chi connectivity index (χ0n) is 15.3. The summed E-state index contributed by atoms with van der Waals surface area (Å²) >= 11 is 6.25. The predicted octanol–water partition coefficient (Wildman–Crippen LogP) is 4.96. The molecule has 1 amide bonds. The van der Waals surface area contributed by atoms with E-state index in [1.54, 1.807) is 0 Å². The van der Waals surface area contributed by atoms with Crippen molar-refractivity contribution in [2.75, 3.05) is 11.9 Å². The lowest BCUT2D eigenvalue weighted by atomic mass is 9.92. The van der Waals surface area contributed by atoms with Gasteiger partial charge in [-0.2, -0.15) is 0 Å². The van der Waals surface area contributed by atoms with E-state index in [0.717, 1.165) is 29.0 Å². The molecule has 3 aromatic carbocycles. The van der Waals surface area contributed by atoms with Crippen molar-refractivity contribution < 1.29 is 9.90 Å². The lowest BCUT2D eigenvalue weighted by molar-refractivity contribution is -0.118. The molecule has 0 aliphatic heterocycles. The Kier molecular flexibility index (Phi) is 5.29. The molecule has 4 rings (SSSR count). The maximum absolute atomic E-state index is 11.5. The Bertz CT molecular complexity index is 1070. The summed E-state index contributed by atoms with van der Waals surface area (Å²) in [6.45, 7) is -0.535. The summed E-state index contributed by atoms with van der Waals surface area (Å²) in [4.78, 5) is 11.5. The van der Waals surface area contributed by atoms with E-state index in [0.29, 0.717) is 5.69 Å². The first-order chi connectivity index (χ1) is 13.6. The van der Waals surface area contributed by atoms with Gasteiger partial charge in [-0.15, -0.1) is 0 Å². The minimum Gasteiger partial charge on any atom is -0.387 e. The second-order valence-corrected chi connectivity index (χ2v) is 7.28. The topological polar surface area (TPSA) is 49.3 Å². The second-order valence-electron chi connectivity index (χ2n) is 6.85. The van der Waals surface area contributed by atoms with Gasteiger partial charge in [0.25, 0.3) is 0 Å². The average molecular weight is 390 g/mol. The van der Waals surface area contributed by atoms with Crippen molar-refractivity contribution in [2.24, 2.45) is 0 Å². The van der Waals surface area contributed by atoms with Crippen LogP contribution in [0.15, 0.2) is 66.7 Å². The Hall–Kier alpha value is -2.88. The number of hydrogen-bond acceptors (Lipinski definition) is 2. The lowest BCUT2D eigenvalue weighted by Crippen LogP contribution is -2.15. The highest BCUT2D eigenvalue weighted by atomic mass is 35.5. The van der Waals surface area contributed by atoms with Crippen molar-refractivity contribution >= 4 is 34.8 Å². The Balaban J connectivity index is 1.84. The molecular weight excluding hydrogens is 370 g/mol. The van der Waals surface area contributed by atoms with E-state index in [1.165, 1.54) is 22.3 Å². The molecule has 2 N–H and O–H groups in total. The predicted molar refractivity (Wildman–Crippen MR) is 114 cm³/mol. The van der Waals surface area contributed by atoms with Crippen LogP contribution in [0.25, 0.3) is 11.6 Å². The van der Waals surface area contributed by atoms with Gasteiger partial charge in [0.05, 0.1) is 0 Å². The molecule has 3 aromatic rings. The Morgan fingerprint density at radius 3 is 2.61 bits per heavy atom. The zero-order valence-corrected chi connectivity index (χ0v) is 16.0. The molecular formula is C24H20ClNO2. The molecule has 3 nitrogen and oxygen atoms in total. The third kappa shape index (κ3) is 3.86. The van der Waals surface area contributed by atoms with Crippen LogP contribution in [0.3, 0.4) is 0 Å². The SMILES string of the molecule is O=C(CO)Nc1cccc(/C=C2/c3ccccc3CCc3cc(Cl)ccc32)c1. The van der Waals surface area contributed by atoms with E-state index < -0.39 is 12.5 Å². The van der Waals surface area contributed by atoms with Crippen molar-refractivity contribution in [1.29, 1.82) is 0 Å². The Morgan fingerprint density at radius 2 is 1.75 bits per heavy atom. The van der Waals surface area contributed by atoms with Crippen LogP contribution in [0.4, 0.5) is 5.69 Å². The van der Waals surface area contributed by atoms with E-state index in [4.69, 9.17) is 16.7 Å². The standard InChI is InChI=1S/C24H20ClNO2/c25-19-10-11-22-18(14-19)9-8-17-5-1-2-7-21(17)23(22)13-16-4-3-6-20(12-16)26-24(28)15-27/h1-7,10-14,27H,8-9,15H2,(H,26,28)/b23-13-. The number of halogens is 1. The van der Waals surface area contributed by atoms with Crippen LogP contribution in [0, 0.1) is 0 Å². The zero-order chi connectivity index (χ0) is 19.5. The van der Waals surface area contributed by atoms with Gasteiger partial charge in [-0.05, 0) is 76.6 Å². The largest absolute Gasteiger partial charge is 0.387 e. The van der Waals surface area contributed by atoms with E-state index in [1.807, 2.05) is 30.3 Å². The molecule has 1 aliphatic carbocycles. The van der Waals surface area contributed by atoms with Crippen molar-refractivity contribution in [3.05, 3.63) is 99.6 Å². The van der Waals surface area contributed by atoms with Crippen LogP contribution < -0.4 is 5.32 Å². The summed E-state index contributed by atoms with van der Waals surface area (Å²) < 4.78 is 0. The second kappa shape index (κ2) is 8.01. The minimum atomic E-state index is -0.535. The molecule has 0 heterocycles. The number of anilines is 1. The normalized spacial score (nSPS) is 14.1. The first-order valence-electron chi connectivity index (χ1n) is 9.23. The third-order valence-corrected chi connectivity index (χ3v) is 5.19. The number of aliphatic hydroxyl groups excluding tert-OH is 1. The van der Waals surface area contributed by atoms with Crippen LogP contribution in [-0.2, 0) is 17.6 Å². The molecule has 28 heavy (non-hydrogen) atoms. The van der Waals surface area contributed by atoms with Crippen LogP contribution in [-0.4, -0.2) is 17.6 Å². The number of fused-ring (bicyclic) bond motifs is 2. The minimum absolute atomic E-state index is 0.426. The molecule has 1 aliphatic rings. The van der Waals surface area contributed by atoms with E-state index in [-0.39, 0.29) is 0 Å². The summed E-state index contributed by atoms with van der Waals surface area (Å²) in [5.41, 5.74) is 7.72. The van der Waals surface area contributed by atoms with Crippen molar-refractivity contribution in [3.8, 4) is 0 Å². The molecule has 0 atom stereocenters. The van der Waals surface area contributed by atoms with E-state index in [9.17, 15) is 4.79 Å². The summed E-state index contributed by atoms with van der Waals surface area (Å²) in [6.07, 6.45) is 4.05. The number of aryl methyl sites for hydroxylation is 2. The number of benzene rings is 3. The first kappa shape index (κ1) is 18.5. The van der Waals surface area contributed by atoms with Crippen LogP contribution in [0.5, 0.6) is 0 Å². The monoisotopic (exact) mass is 389 g/mol.